The van der Waals surface area contributed by atoms with Crippen LogP contribution in [0.25, 0.3) is 0 Å². The Kier molecular flexibility index (Phi) is 9.40. The number of benzene rings is 1. The maximum Gasteiger partial charge on any atom is 0.326 e. The number of hydrogen-bond acceptors (Lipinski definition) is 5. The molecule has 0 bridgehead atoms. The highest BCUT2D eigenvalue weighted by molar-refractivity contribution is 5.94. The van der Waals surface area contributed by atoms with Crippen molar-refractivity contribution in [1.29, 1.82) is 0 Å². The van der Waals surface area contributed by atoms with Gasteiger partial charge in [0.2, 0.25) is 17.7 Å². The molecule has 1 aliphatic rings. The molecule has 1 fully saturated rings. The van der Waals surface area contributed by atoms with Crippen molar-refractivity contribution in [3.63, 3.8) is 0 Å². The van der Waals surface area contributed by atoms with Gasteiger partial charge in [0.1, 0.15) is 18.1 Å². The third-order valence-corrected chi connectivity index (χ3v) is 5.99. The molecule has 3 amide bonds. The van der Waals surface area contributed by atoms with Gasteiger partial charge in [0.05, 0.1) is 6.04 Å². The quantitative estimate of drug-likeness (QED) is 0.409. The summed E-state index contributed by atoms with van der Waals surface area (Å²) in [5.74, 6) is -2.71. The van der Waals surface area contributed by atoms with Gasteiger partial charge in [0, 0.05) is 13.0 Å². The molecule has 1 aromatic carbocycles. The van der Waals surface area contributed by atoms with E-state index in [4.69, 9.17) is 5.73 Å². The largest absolute Gasteiger partial charge is 0.480 e. The topological polar surface area (TPSA) is 142 Å². The van der Waals surface area contributed by atoms with Gasteiger partial charge in [-0.3, -0.25) is 14.4 Å². The average Bonchev–Trinajstić information content (AvgIpc) is 3.26. The number of carboxylic acids is 1. The Morgan fingerprint density at radius 2 is 1.70 bits per heavy atom. The van der Waals surface area contributed by atoms with Crippen molar-refractivity contribution in [2.75, 3.05) is 6.54 Å². The summed E-state index contributed by atoms with van der Waals surface area (Å²) in [5.41, 5.74) is 6.71. The summed E-state index contributed by atoms with van der Waals surface area (Å²) in [4.78, 5) is 52.0. The molecule has 0 spiro atoms. The summed E-state index contributed by atoms with van der Waals surface area (Å²) < 4.78 is 0. The number of nitrogens with one attached hydrogen (secondary N) is 2. The molecule has 33 heavy (non-hydrogen) atoms. The summed E-state index contributed by atoms with van der Waals surface area (Å²) >= 11 is 0. The fourth-order valence-electron chi connectivity index (χ4n) is 3.87. The summed E-state index contributed by atoms with van der Waals surface area (Å²) in [7, 11) is 0. The third kappa shape index (κ3) is 7.02. The highest BCUT2D eigenvalue weighted by Crippen LogP contribution is 2.21. The first kappa shape index (κ1) is 26.3. The predicted octanol–water partition coefficient (Wildman–Crippen LogP) is 0.914. The lowest BCUT2D eigenvalue weighted by Gasteiger charge is -2.31. The van der Waals surface area contributed by atoms with Gasteiger partial charge >= 0.3 is 5.97 Å². The van der Waals surface area contributed by atoms with Crippen LogP contribution in [0.5, 0.6) is 0 Å². The van der Waals surface area contributed by atoms with Crippen LogP contribution in [0.1, 0.15) is 46.1 Å². The Labute approximate surface area is 195 Å². The Bertz CT molecular complexity index is 843. The first-order chi connectivity index (χ1) is 15.5. The van der Waals surface area contributed by atoms with Crippen molar-refractivity contribution >= 4 is 23.7 Å². The number of carboxylic acid groups (broad SMARTS) is 1. The van der Waals surface area contributed by atoms with Crippen LogP contribution >= 0.6 is 0 Å². The van der Waals surface area contributed by atoms with E-state index in [1.807, 2.05) is 33.8 Å². The van der Waals surface area contributed by atoms with Crippen molar-refractivity contribution in [3.05, 3.63) is 35.9 Å². The normalized spacial score (nSPS) is 18.6. The van der Waals surface area contributed by atoms with Crippen molar-refractivity contribution < 1.29 is 24.3 Å². The predicted molar refractivity (Wildman–Crippen MR) is 124 cm³/mol. The van der Waals surface area contributed by atoms with E-state index < -0.39 is 42.0 Å². The number of amides is 3. The molecule has 182 valence electrons. The van der Waals surface area contributed by atoms with Crippen LogP contribution in [0.4, 0.5) is 0 Å². The summed E-state index contributed by atoms with van der Waals surface area (Å²) in [6.45, 7) is 7.64. The highest BCUT2D eigenvalue weighted by Gasteiger charge is 2.40. The van der Waals surface area contributed by atoms with Crippen LogP contribution in [0.15, 0.2) is 30.3 Å². The molecule has 2 rings (SSSR count). The van der Waals surface area contributed by atoms with Crippen LogP contribution in [-0.2, 0) is 25.6 Å². The molecule has 0 radical (unpaired) electrons. The molecular formula is C24H36N4O5. The molecule has 1 saturated heterocycles. The molecule has 1 heterocycles. The molecule has 4 atom stereocenters. The molecule has 9 nitrogen and oxygen atoms in total. The first-order valence-electron chi connectivity index (χ1n) is 11.5. The Hall–Kier alpha value is -2.94. The van der Waals surface area contributed by atoms with Crippen molar-refractivity contribution in [1.82, 2.24) is 15.5 Å². The molecule has 1 aromatic rings. The second-order valence-electron chi connectivity index (χ2n) is 9.28. The van der Waals surface area contributed by atoms with Gasteiger partial charge in [-0.05, 0) is 30.2 Å². The van der Waals surface area contributed by atoms with E-state index in [9.17, 15) is 24.3 Å². The van der Waals surface area contributed by atoms with E-state index in [2.05, 4.69) is 10.6 Å². The number of carbonyl (C=O) groups is 4. The minimum atomic E-state index is -1.14. The van der Waals surface area contributed by atoms with Gasteiger partial charge in [-0.15, -0.1) is 0 Å². The molecule has 9 heteroatoms. The number of carbonyl (C=O) groups excluding carboxylic acids is 3. The highest BCUT2D eigenvalue weighted by atomic mass is 16.4. The van der Waals surface area contributed by atoms with E-state index in [1.165, 1.54) is 4.90 Å². The van der Waals surface area contributed by atoms with Crippen molar-refractivity contribution in [3.8, 4) is 0 Å². The Morgan fingerprint density at radius 1 is 1.06 bits per heavy atom. The van der Waals surface area contributed by atoms with Gasteiger partial charge in [-0.1, -0.05) is 58.0 Å². The zero-order valence-electron chi connectivity index (χ0n) is 19.8. The Balaban J connectivity index is 2.11. The number of hydrogen-bond donors (Lipinski definition) is 4. The summed E-state index contributed by atoms with van der Waals surface area (Å²) in [6, 6.07) is 5.57. The zero-order valence-corrected chi connectivity index (χ0v) is 19.8. The van der Waals surface area contributed by atoms with Crippen LogP contribution in [-0.4, -0.2) is 64.4 Å². The number of rotatable bonds is 10. The average molecular weight is 461 g/mol. The fourth-order valence-corrected chi connectivity index (χ4v) is 3.87. The zero-order chi connectivity index (χ0) is 24.7. The van der Waals surface area contributed by atoms with Crippen LogP contribution in [0.2, 0.25) is 0 Å². The van der Waals surface area contributed by atoms with Gasteiger partial charge in [-0.25, -0.2) is 4.79 Å². The van der Waals surface area contributed by atoms with Gasteiger partial charge in [-0.2, -0.15) is 0 Å². The molecule has 1 aliphatic heterocycles. The lowest BCUT2D eigenvalue weighted by molar-refractivity contribution is -0.145. The molecule has 0 saturated carbocycles. The lowest BCUT2D eigenvalue weighted by Crippen LogP contribution is -2.58. The van der Waals surface area contributed by atoms with Crippen LogP contribution in [0, 0.1) is 11.8 Å². The fraction of sp³-hybridized carbons (Fsp3) is 0.583. The first-order valence-corrected chi connectivity index (χ1v) is 11.5. The lowest BCUT2D eigenvalue weighted by atomic mass is 9.99. The van der Waals surface area contributed by atoms with Gasteiger partial charge in [0.25, 0.3) is 0 Å². The molecular weight excluding hydrogens is 424 g/mol. The van der Waals surface area contributed by atoms with E-state index in [0.717, 1.165) is 5.56 Å². The second kappa shape index (κ2) is 11.8. The molecule has 5 N–H and O–H groups in total. The number of likely N-dealkylation sites (tertiary alicyclic amines) is 1. The van der Waals surface area contributed by atoms with Gasteiger partial charge in [0.15, 0.2) is 0 Å². The van der Waals surface area contributed by atoms with Crippen molar-refractivity contribution in [2.24, 2.45) is 17.6 Å². The summed E-state index contributed by atoms with van der Waals surface area (Å²) in [6.07, 6.45) is 1.18. The SMILES string of the molecule is CC(C)C(N)C(=O)NC(C(=O)N1CCCC1C(=O)NC(Cc1ccccc1)C(=O)O)C(C)C. The minimum absolute atomic E-state index is 0.0872. The van der Waals surface area contributed by atoms with E-state index in [1.54, 1.807) is 24.3 Å². The maximum atomic E-state index is 13.3. The number of nitrogens with zero attached hydrogens (tertiary/aromatic N) is 1. The molecule has 0 aliphatic carbocycles. The Morgan fingerprint density at radius 3 is 2.24 bits per heavy atom. The van der Waals surface area contributed by atoms with Gasteiger partial charge < -0.3 is 26.4 Å². The smallest absolute Gasteiger partial charge is 0.326 e. The monoisotopic (exact) mass is 460 g/mol. The minimum Gasteiger partial charge on any atom is -0.480 e. The second-order valence-corrected chi connectivity index (χ2v) is 9.28. The molecule has 4 unspecified atom stereocenters. The van der Waals surface area contributed by atoms with Crippen LogP contribution in [0.3, 0.4) is 0 Å². The number of aliphatic carboxylic acids is 1. The maximum absolute atomic E-state index is 13.3. The van der Waals surface area contributed by atoms with E-state index >= 15 is 0 Å². The standard InChI is InChI=1S/C24H36N4O5/c1-14(2)19(25)22(30)27-20(15(3)4)23(31)28-12-8-11-18(28)21(29)26-17(24(32)33)13-16-9-6-5-7-10-16/h5-7,9-10,14-15,17-20H,8,11-13,25H2,1-4H3,(H,26,29)(H,27,30)(H,32,33). The third-order valence-electron chi connectivity index (χ3n) is 5.99. The number of nitrogens with two attached hydrogens (primary N) is 1. The van der Waals surface area contributed by atoms with Crippen molar-refractivity contribution in [2.45, 2.75) is 71.1 Å². The van der Waals surface area contributed by atoms with E-state index in [0.29, 0.717) is 19.4 Å². The van der Waals surface area contributed by atoms with Crippen LogP contribution < -0.4 is 16.4 Å². The van der Waals surface area contributed by atoms with E-state index in [-0.39, 0.29) is 24.2 Å². The molecule has 0 aromatic heterocycles. The summed E-state index contributed by atoms with van der Waals surface area (Å²) in [5, 5.41) is 14.9.